The number of hydrogen-bond donors (Lipinski definition) is 0. The van der Waals surface area contributed by atoms with E-state index < -0.39 is 0 Å². The molecule has 0 bridgehead atoms. The number of carbonyl (C=O) groups excluding carboxylic acids is 2. The lowest BCUT2D eigenvalue weighted by molar-refractivity contribution is 0.0926. The Morgan fingerprint density at radius 3 is 2.08 bits per heavy atom. The lowest BCUT2D eigenvalue weighted by Gasteiger charge is -2.36. The number of fused-ring (bicyclic) bond motifs is 1. The minimum Gasteiger partial charge on any atom is -0.368 e. The highest BCUT2D eigenvalue weighted by Crippen LogP contribution is 2.34. The molecule has 0 aliphatic carbocycles. The maximum absolute atomic E-state index is 12.6. The fourth-order valence-corrected chi connectivity index (χ4v) is 3.91. The maximum Gasteiger partial charge on any atom is 0.266 e. The summed E-state index contributed by atoms with van der Waals surface area (Å²) in [7, 11) is 0. The van der Waals surface area contributed by atoms with Gasteiger partial charge in [-0.1, -0.05) is 30.7 Å². The molecular weight excluding hydrogens is 350 g/mol. The van der Waals surface area contributed by atoms with Gasteiger partial charge in [-0.05, 0) is 36.9 Å². The SMILES string of the molecule is CCN1CCN(c2ccc(N3C(=O)c4ccccc4C3=O)cc2Cl)CC1. The van der Waals surface area contributed by atoms with Crippen LogP contribution in [0.1, 0.15) is 27.6 Å². The number of carbonyl (C=O) groups is 2. The van der Waals surface area contributed by atoms with Crippen LogP contribution in [0.5, 0.6) is 0 Å². The fourth-order valence-electron chi connectivity index (χ4n) is 3.62. The number of piperazine rings is 1. The summed E-state index contributed by atoms with van der Waals surface area (Å²) in [5.41, 5.74) is 2.33. The number of nitrogens with zero attached hydrogens (tertiary/aromatic N) is 3. The highest BCUT2D eigenvalue weighted by molar-refractivity contribution is 6.36. The zero-order valence-corrected chi connectivity index (χ0v) is 15.4. The van der Waals surface area contributed by atoms with E-state index in [0.29, 0.717) is 21.8 Å². The van der Waals surface area contributed by atoms with Crippen molar-refractivity contribution in [1.29, 1.82) is 0 Å². The van der Waals surface area contributed by atoms with Gasteiger partial charge in [-0.25, -0.2) is 4.90 Å². The van der Waals surface area contributed by atoms with Crippen LogP contribution in [0.2, 0.25) is 5.02 Å². The van der Waals surface area contributed by atoms with Crippen molar-refractivity contribution in [3.05, 3.63) is 58.6 Å². The predicted octanol–water partition coefficient (Wildman–Crippen LogP) is 3.28. The second-order valence-corrected chi connectivity index (χ2v) is 6.96. The molecule has 2 aromatic rings. The minimum absolute atomic E-state index is 0.300. The van der Waals surface area contributed by atoms with Crippen LogP contribution in [0.15, 0.2) is 42.5 Å². The molecule has 0 spiro atoms. The van der Waals surface area contributed by atoms with E-state index in [1.165, 1.54) is 4.90 Å². The first kappa shape index (κ1) is 17.1. The van der Waals surface area contributed by atoms with Crippen LogP contribution in [0.25, 0.3) is 0 Å². The molecule has 2 amide bonds. The van der Waals surface area contributed by atoms with Gasteiger partial charge in [0.1, 0.15) is 0 Å². The van der Waals surface area contributed by atoms with Gasteiger partial charge in [-0.15, -0.1) is 0 Å². The molecule has 4 rings (SSSR count). The average molecular weight is 370 g/mol. The molecule has 134 valence electrons. The Balaban J connectivity index is 1.59. The van der Waals surface area contributed by atoms with Crippen LogP contribution in [-0.2, 0) is 0 Å². The number of halogens is 1. The molecule has 2 aliphatic heterocycles. The molecule has 0 unspecified atom stereocenters. The van der Waals surface area contributed by atoms with Crippen molar-refractivity contribution in [3.63, 3.8) is 0 Å². The number of imide groups is 1. The molecule has 5 nitrogen and oxygen atoms in total. The zero-order chi connectivity index (χ0) is 18.3. The first-order chi connectivity index (χ1) is 12.6. The molecule has 2 heterocycles. The molecule has 0 aromatic heterocycles. The van der Waals surface area contributed by atoms with Crippen molar-refractivity contribution in [3.8, 4) is 0 Å². The van der Waals surface area contributed by atoms with Gasteiger partial charge in [-0.2, -0.15) is 0 Å². The van der Waals surface area contributed by atoms with Crippen LogP contribution < -0.4 is 9.80 Å². The summed E-state index contributed by atoms with van der Waals surface area (Å²) >= 11 is 6.51. The Kier molecular flexibility index (Phi) is 4.42. The third-order valence-corrected chi connectivity index (χ3v) is 5.45. The molecular formula is C20H20ClN3O2. The molecule has 2 aromatic carbocycles. The smallest absolute Gasteiger partial charge is 0.266 e. The molecule has 0 atom stereocenters. The number of amides is 2. The van der Waals surface area contributed by atoms with Gasteiger partial charge in [0.2, 0.25) is 0 Å². The van der Waals surface area contributed by atoms with E-state index in [0.717, 1.165) is 38.4 Å². The van der Waals surface area contributed by atoms with Crippen molar-refractivity contribution in [2.24, 2.45) is 0 Å². The second-order valence-electron chi connectivity index (χ2n) is 6.55. The van der Waals surface area contributed by atoms with Crippen LogP contribution in [0.4, 0.5) is 11.4 Å². The van der Waals surface area contributed by atoms with Crippen molar-refractivity contribution in [2.75, 3.05) is 42.5 Å². The van der Waals surface area contributed by atoms with Gasteiger partial charge < -0.3 is 9.80 Å². The topological polar surface area (TPSA) is 43.9 Å². The highest BCUT2D eigenvalue weighted by atomic mass is 35.5. The quantitative estimate of drug-likeness (QED) is 0.779. The summed E-state index contributed by atoms with van der Waals surface area (Å²) in [4.78, 5) is 31.1. The Labute approximate surface area is 157 Å². The first-order valence-electron chi connectivity index (χ1n) is 8.85. The van der Waals surface area contributed by atoms with Crippen LogP contribution in [0, 0.1) is 0 Å². The van der Waals surface area contributed by atoms with E-state index in [1.54, 1.807) is 36.4 Å². The van der Waals surface area contributed by atoms with Crippen molar-refractivity contribution in [2.45, 2.75) is 6.92 Å². The first-order valence-corrected chi connectivity index (χ1v) is 9.22. The Bertz CT molecular complexity index is 840. The van der Waals surface area contributed by atoms with E-state index in [2.05, 4.69) is 16.7 Å². The lowest BCUT2D eigenvalue weighted by atomic mass is 10.1. The molecule has 0 saturated carbocycles. The van der Waals surface area contributed by atoms with Crippen molar-refractivity contribution >= 4 is 34.8 Å². The summed E-state index contributed by atoms with van der Waals surface area (Å²) in [6.45, 7) is 7.07. The second kappa shape index (κ2) is 6.74. The van der Waals surface area contributed by atoms with Gasteiger partial charge in [-0.3, -0.25) is 9.59 Å². The number of likely N-dealkylation sites (N-methyl/N-ethyl adjacent to an activating group) is 1. The van der Waals surface area contributed by atoms with Gasteiger partial charge in [0.25, 0.3) is 11.8 Å². The molecule has 26 heavy (non-hydrogen) atoms. The standard InChI is InChI=1S/C20H20ClN3O2/c1-2-22-9-11-23(12-10-22)18-8-7-14(13-17(18)21)24-19(25)15-5-3-4-6-16(15)20(24)26/h3-8,13H,2,9-12H2,1H3. The summed E-state index contributed by atoms with van der Waals surface area (Å²) in [6, 6.07) is 12.3. The van der Waals surface area contributed by atoms with E-state index in [9.17, 15) is 9.59 Å². The molecule has 1 saturated heterocycles. The van der Waals surface area contributed by atoms with Gasteiger partial charge in [0.15, 0.2) is 0 Å². The molecule has 2 aliphatic rings. The highest BCUT2D eigenvalue weighted by Gasteiger charge is 2.36. The summed E-state index contributed by atoms with van der Waals surface area (Å²) in [5, 5.41) is 0.559. The number of anilines is 2. The third-order valence-electron chi connectivity index (χ3n) is 5.14. The Morgan fingerprint density at radius 1 is 0.923 bits per heavy atom. The largest absolute Gasteiger partial charge is 0.368 e. The van der Waals surface area contributed by atoms with Gasteiger partial charge in [0.05, 0.1) is 27.5 Å². The molecule has 1 fully saturated rings. The summed E-state index contributed by atoms with van der Waals surface area (Å²) in [6.07, 6.45) is 0. The van der Waals surface area contributed by atoms with Crippen molar-refractivity contribution in [1.82, 2.24) is 4.90 Å². The lowest BCUT2D eigenvalue weighted by Crippen LogP contribution is -2.46. The Hall–Kier alpha value is -2.37. The molecule has 0 N–H and O–H groups in total. The average Bonchev–Trinajstić information content (AvgIpc) is 2.93. The van der Waals surface area contributed by atoms with Crippen LogP contribution in [0.3, 0.4) is 0 Å². The number of benzene rings is 2. The van der Waals surface area contributed by atoms with Gasteiger partial charge >= 0.3 is 0 Å². The van der Waals surface area contributed by atoms with Gasteiger partial charge in [0, 0.05) is 26.2 Å². The summed E-state index contributed by atoms with van der Waals surface area (Å²) in [5.74, 6) is -0.600. The monoisotopic (exact) mass is 369 g/mol. The maximum atomic E-state index is 12.6. The molecule has 6 heteroatoms. The minimum atomic E-state index is -0.300. The third kappa shape index (κ3) is 2.77. The number of hydrogen-bond acceptors (Lipinski definition) is 4. The van der Waals surface area contributed by atoms with Crippen LogP contribution >= 0.6 is 11.6 Å². The molecule has 0 radical (unpaired) electrons. The van der Waals surface area contributed by atoms with Crippen LogP contribution in [-0.4, -0.2) is 49.4 Å². The van der Waals surface area contributed by atoms with E-state index in [4.69, 9.17) is 11.6 Å². The number of rotatable bonds is 3. The Morgan fingerprint density at radius 2 is 1.54 bits per heavy atom. The normalized spacial score (nSPS) is 17.8. The fraction of sp³-hybridized carbons (Fsp3) is 0.300. The zero-order valence-electron chi connectivity index (χ0n) is 14.6. The van der Waals surface area contributed by atoms with E-state index >= 15 is 0 Å². The predicted molar refractivity (Wildman–Crippen MR) is 103 cm³/mol. The van der Waals surface area contributed by atoms with Crippen molar-refractivity contribution < 1.29 is 9.59 Å². The summed E-state index contributed by atoms with van der Waals surface area (Å²) < 4.78 is 0. The van der Waals surface area contributed by atoms with E-state index in [-0.39, 0.29) is 11.8 Å². The van der Waals surface area contributed by atoms with E-state index in [1.807, 2.05) is 6.07 Å².